The van der Waals surface area contributed by atoms with Crippen LogP contribution in [0.15, 0.2) is 36.7 Å². The van der Waals surface area contributed by atoms with Gasteiger partial charge in [0, 0.05) is 67.3 Å². The Morgan fingerprint density at radius 2 is 1.50 bits per heavy atom. The van der Waals surface area contributed by atoms with Crippen LogP contribution in [0.4, 0.5) is 34.9 Å². The third-order valence-electron chi connectivity index (χ3n) is 7.52. The van der Waals surface area contributed by atoms with Gasteiger partial charge < -0.3 is 19.9 Å². The number of piperazine rings is 1. The Morgan fingerprint density at radius 3 is 2.10 bits per heavy atom. The molecule has 2 aliphatic rings. The predicted octanol–water partition coefficient (Wildman–Crippen LogP) is 4.32. The Balaban J connectivity index is 1.52. The molecule has 5 rings (SSSR count). The zero-order chi connectivity index (χ0) is 28.6. The van der Waals surface area contributed by atoms with E-state index in [-0.39, 0.29) is 23.3 Å². The fourth-order valence-corrected chi connectivity index (χ4v) is 5.01. The molecule has 0 unspecified atom stereocenters. The van der Waals surface area contributed by atoms with Crippen molar-refractivity contribution in [2.75, 3.05) is 61.6 Å². The highest BCUT2D eigenvalue weighted by atomic mass is 19.2. The Bertz CT molecular complexity index is 1370. The lowest BCUT2D eigenvalue weighted by atomic mass is 10.0. The largest absolute Gasteiger partial charge is 0.378 e. The van der Waals surface area contributed by atoms with Crippen LogP contribution in [0.3, 0.4) is 0 Å². The summed E-state index contributed by atoms with van der Waals surface area (Å²) in [6, 6.07) is 4.30. The molecule has 12 heteroatoms. The predicted molar refractivity (Wildman–Crippen MR) is 144 cm³/mol. The molecule has 0 bridgehead atoms. The molecule has 1 aromatic heterocycles. The highest BCUT2D eigenvalue weighted by Crippen LogP contribution is 2.36. The van der Waals surface area contributed by atoms with Gasteiger partial charge in [0.05, 0.1) is 24.6 Å². The van der Waals surface area contributed by atoms with Gasteiger partial charge in [-0.1, -0.05) is 0 Å². The van der Waals surface area contributed by atoms with Crippen LogP contribution in [0.2, 0.25) is 0 Å². The monoisotopic (exact) mass is 558 g/mol. The van der Waals surface area contributed by atoms with Crippen molar-refractivity contribution in [3.63, 3.8) is 0 Å². The number of hydrogen-bond donors (Lipinski definition) is 1. The van der Waals surface area contributed by atoms with Crippen molar-refractivity contribution in [2.45, 2.75) is 25.9 Å². The number of ether oxygens (including phenoxy) is 1. The first-order chi connectivity index (χ1) is 19.1. The maximum Gasteiger partial charge on any atom is 0.255 e. The van der Waals surface area contributed by atoms with Gasteiger partial charge in [0.1, 0.15) is 5.82 Å². The number of aromatic nitrogens is 2. The lowest BCUT2D eigenvalue weighted by molar-refractivity contribution is 0.102. The molecule has 1 N–H and O–H groups in total. The van der Waals surface area contributed by atoms with Crippen LogP contribution in [-0.2, 0) is 4.74 Å². The summed E-state index contributed by atoms with van der Waals surface area (Å²) in [4.78, 5) is 28.0. The number of anilines is 3. The maximum atomic E-state index is 15.6. The van der Waals surface area contributed by atoms with Crippen molar-refractivity contribution in [3.05, 3.63) is 65.5 Å². The van der Waals surface area contributed by atoms with E-state index in [1.54, 1.807) is 0 Å². The molecule has 212 valence electrons. The summed E-state index contributed by atoms with van der Waals surface area (Å²) in [7, 11) is 2.01. The second-order valence-corrected chi connectivity index (χ2v) is 10.2. The number of hydrogen-bond acceptors (Lipinski definition) is 7. The molecule has 0 spiro atoms. The van der Waals surface area contributed by atoms with Gasteiger partial charge in [0.2, 0.25) is 5.95 Å². The number of amides is 1. The van der Waals surface area contributed by atoms with E-state index in [4.69, 9.17) is 4.74 Å². The molecule has 0 aliphatic carbocycles. The van der Waals surface area contributed by atoms with E-state index >= 15 is 4.39 Å². The SMILES string of the molecule is C[C@@H]1CN(c2cc(F)c(-c3cnc(N4CCOCC4)nc3)cc2NC(=O)c2cc(F)c(F)c(F)c2)C[C@H](C)N1C. The average Bonchev–Trinajstić information content (AvgIpc) is 2.95. The van der Waals surface area contributed by atoms with Crippen LogP contribution in [-0.4, -0.2) is 79.3 Å². The Morgan fingerprint density at radius 1 is 0.900 bits per heavy atom. The van der Waals surface area contributed by atoms with Gasteiger partial charge >= 0.3 is 0 Å². The lowest BCUT2D eigenvalue weighted by Gasteiger charge is -2.44. The zero-order valence-electron chi connectivity index (χ0n) is 22.4. The molecule has 0 radical (unpaired) electrons. The number of rotatable bonds is 5. The number of likely N-dealkylation sites (N-methyl/N-ethyl adjacent to an activating group) is 1. The first kappa shape index (κ1) is 27.8. The minimum absolute atomic E-state index is 0.136. The first-order valence-corrected chi connectivity index (χ1v) is 13.0. The molecule has 3 aromatic rings. The van der Waals surface area contributed by atoms with E-state index in [2.05, 4.69) is 20.2 Å². The van der Waals surface area contributed by atoms with Crippen molar-refractivity contribution in [2.24, 2.45) is 0 Å². The van der Waals surface area contributed by atoms with E-state index < -0.39 is 34.7 Å². The number of nitrogens with zero attached hydrogens (tertiary/aromatic N) is 5. The van der Waals surface area contributed by atoms with Gasteiger partial charge in [-0.05, 0) is 45.2 Å². The van der Waals surface area contributed by atoms with Gasteiger partial charge in [0.25, 0.3) is 5.91 Å². The highest BCUT2D eigenvalue weighted by Gasteiger charge is 2.29. The van der Waals surface area contributed by atoms with E-state index in [9.17, 15) is 18.0 Å². The molecule has 40 heavy (non-hydrogen) atoms. The lowest BCUT2D eigenvalue weighted by Crippen LogP contribution is -2.55. The van der Waals surface area contributed by atoms with Gasteiger partial charge in [-0.2, -0.15) is 0 Å². The second-order valence-electron chi connectivity index (χ2n) is 10.2. The van der Waals surface area contributed by atoms with Gasteiger partial charge in [-0.3, -0.25) is 9.69 Å². The summed E-state index contributed by atoms with van der Waals surface area (Å²) >= 11 is 0. The van der Waals surface area contributed by atoms with Crippen molar-refractivity contribution in [1.82, 2.24) is 14.9 Å². The molecule has 8 nitrogen and oxygen atoms in total. The molecule has 2 aromatic carbocycles. The third kappa shape index (κ3) is 5.59. The molecule has 1 amide bonds. The summed E-state index contributed by atoms with van der Waals surface area (Å²) in [5.74, 6) is -5.55. The number of carbonyl (C=O) groups is 1. The maximum absolute atomic E-state index is 15.6. The molecule has 3 heterocycles. The quantitative estimate of drug-likeness (QED) is 0.370. The number of carbonyl (C=O) groups excluding carboxylic acids is 1. The van der Waals surface area contributed by atoms with Gasteiger partial charge in [0.15, 0.2) is 17.5 Å². The first-order valence-electron chi connectivity index (χ1n) is 13.0. The van der Waals surface area contributed by atoms with Crippen molar-refractivity contribution in [1.29, 1.82) is 0 Å². The van der Waals surface area contributed by atoms with Crippen LogP contribution in [0, 0.1) is 23.3 Å². The van der Waals surface area contributed by atoms with Crippen LogP contribution in [0.5, 0.6) is 0 Å². The van der Waals surface area contributed by atoms with E-state index in [1.807, 2.05) is 30.7 Å². The number of halogens is 4. The summed E-state index contributed by atoms with van der Waals surface area (Å²) < 4.78 is 62.2. The number of benzene rings is 2. The highest BCUT2D eigenvalue weighted by molar-refractivity contribution is 6.06. The molecule has 2 atom stereocenters. The Hall–Kier alpha value is -3.77. The van der Waals surface area contributed by atoms with Crippen molar-refractivity contribution in [3.8, 4) is 11.1 Å². The van der Waals surface area contributed by atoms with E-state index in [0.29, 0.717) is 68.7 Å². The topological polar surface area (TPSA) is 73.8 Å². The van der Waals surface area contributed by atoms with Crippen LogP contribution in [0.1, 0.15) is 24.2 Å². The average molecular weight is 559 g/mol. The standard InChI is InChI=1S/C28H30F4N6O2/c1-16-14-38(15-17(2)36(16)3)25-11-21(29)20(19-12-33-28(34-13-19)37-4-6-40-7-5-37)10-24(25)35-27(39)18-8-22(30)26(32)23(31)9-18/h8-13,16-17H,4-7,14-15H2,1-3H3,(H,35,39)/t16-,17+. The molecular weight excluding hydrogens is 528 g/mol. The minimum Gasteiger partial charge on any atom is -0.378 e. The van der Waals surface area contributed by atoms with E-state index in [0.717, 1.165) is 0 Å². The molecule has 2 fully saturated rings. The van der Waals surface area contributed by atoms with Crippen LogP contribution in [0.25, 0.3) is 11.1 Å². The smallest absolute Gasteiger partial charge is 0.255 e. The molecule has 2 aliphatic heterocycles. The summed E-state index contributed by atoms with van der Waals surface area (Å²) in [5.41, 5.74) is 0.754. The second kappa shape index (κ2) is 11.4. The summed E-state index contributed by atoms with van der Waals surface area (Å²) in [6.45, 7) is 7.62. The molecule has 2 saturated heterocycles. The normalized spacial score (nSPS) is 20.1. The fraction of sp³-hybridized carbons (Fsp3) is 0.393. The number of nitrogens with one attached hydrogen (secondary N) is 1. The summed E-state index contributed by atoms with van der Waals surface area (Å²) in [6.07, 6.45) is 3.01. The van der Waals surface area contributed by atoms with Crippen LogP contribution >= 0.6 is 0 Å². The zero-order valence-corrected chi connectivity index (χ0v) is 22.4. The summed E-state index contributed by atoms with van der Waals surface area (Å²) in [5, 5.41) is 2.66. The van der Waals surface area contributed by atoms with Gasteiger partial charge in [-0.15, -0.1) is 0 Å². The molecule has 0 saturated carbocycles. The van der Waals surface area contributed by atoms with Crippen LogP contribution < -0.4 is 15.1 Å². The Kier molecular flexibility index (Phi) is 7.90. The van der Waals surface area contributed by atoms with Gasteiger partial charge in [-0.25, -0.2) is 27.5 Å². The third-order valence-corrected chi connectivity index (χ3v) is 7.52. The van der Waals surface area contributed by atoms with E-state index in [1.165, 1.54) is 24.5 Å². The fourth-order valence-electron chi connectivity index (χ4n) is 5.01. The van der Waals surface area contributed by atoms with Crippen molar-refractivity contribution >= 4 is 23.2 Å². The number of morpholine rings is 1. The van der Waals surface area contributed by atoms with Crippen molar-refractivity contribution < 1.29 is 27.1 Å². The Labute approximate surface area is 229 Å². The minimum atomic E-state index is -1.66. The molecular formula is C28H30F4N6O2.